The fourth-order valence-corrected chi connectivity index (χ4v) is 3.67. The molecule has 1 atom stereocenters. The largest absolute Gasteiger partial charge is 0.325 e. The van der Waals surface area contributed by atoms with Crippen molar-refractivity contribution in [2.24, 2.45) is 5.92 Å². The summed E-state index contributed by atoms with van der Waals surface area (Å²) in [5.74, 6) is 0.252. The third-order valence-corrected chi connectivity index (χ3v) is 4.80. The van der Waals surface area contributed by atoms with Gasteiger partial charge in [0.05, 0.1) is 5.92 Å². The number of piperidine rings is 1. The summed E-state index contributed by atoms with van der Waals surface area (Å²) in [5.41, 5.74) is 3.80. The third kappa shape index (κ3) is 2.59. The Labute approximate surface area is 136 Å². The molecule has 0 radical (unpaired) electrons. The van der Waals surface area contributed by atoms with Crippen LogP contribution in [-0.2, 0) is 17.6 Å². The van der Waals surface area contributed by atoms with Crippen LogP contribution in [0.2, 0.25) is 0 Å². The number of rotatable bonds is 2. The molecule has 1 heterocycles. The third-order valence-electron chi connectivity index (χ3n) is 4.80. The van der Waals surface area contributed by atoms with E-state index in [4.69, 9.17) is 0 Å². The Kier molecular flexibility index (Phi) is 4.37. The molecule has 1 aliphatic heterocycles. The number of anilines is 1. The lowest BCUT2D eigenvalue weighted by molar-refractivity contribution is -0.120. The number of halogens is 1. The van der Waals surface area contributed by atoms with Gasteiger partial charge in [0.25, 0.3) is 0 Å². The van der Waals surface area contributed by atoms with Crippen molar-refractivity contribution in [1.82, 2.24) is 5.32 Å². The lowest BCUT2D eigenvalue weighted by atomic mass is 9.98. The smallest absolute Gasteiger partial charge is 0.228 e. The molecule has 0 aromatic heterocycles. The van der Waals surface area contributed by atoms with Gasteiger partial charge >= 0.3 is 0 Å². The van der Waals surface area contributed by atoms with Crippen LogP contribution in [0.3, 0.4) is 0 Å². The normalized spacial score (nSPS) is 19.7. The number of nitrogens with one attached hydrogen (secondary N) is 2. The van der Waals surface area contributed by atoms with Crippen molar-refractivity contribution < 1.29 is 4.79 Å². The fourth-order valence-electron chi connectivity index (χ4n) is 3.67. The SMILES string of the molecule is Cl.O=C(Nc1ccc2c3c(cccc13)CC2)C1CCCNC1. The minimum atomic E-state index is 0. The highest BCUT2D eigenvalue weighted by molar-refractivity contribution is 6.05. The summed E-state index contributed by atoms with van der Waals surface area (Å²) in [5, 5.41) is 9.02. The van der Waals surface area contributed by atoms with Crippen LogP contribution in [0.1, 0.15) is 24.0 Å². The van der Waals surface area contributed by atoms with Gasteiger partial charge in [0.2, 0.25) is 5.91 Å². The number of amides is 1. The molecule has 1 saturated heterocycles. The molecule has 1 unspecified atom stereocenters. The van der Waals surface area contributed by atoms with Crippen LogP contribution in [0.5, 0.6) is 0 Å². The van der Waals surface area contributed by atoms with Crippen molar-refractivity contribution in [3.8, 4) is 0 Å². The van der Waals surface area contributed by atoms with Crippen LogP contribution in [0, 0.1) is 5.92 Å². The van der Waals surface area contributed by atoms with Gasteiger partial charge in [0, 0.05) is 17.6 Å². The number of aryl methyl sites for hydroxylation is 2. The summed E-state index contributed by atoms with van der Waals surface area (Å²) in [6.07, 6.45) is 4.31. The van der Waals surface area contributed by atoms with Crippen LogP contribution in [-0.4, -0.2) is 19.0 Å². The summed E-state index contributed by atoms with van der Waals surface area (Å²) < 4.78 is 0. The number of benzene rings is 2. The Hall–Kier alpha value is -1.58. The molecule has 1 fully saturated rings. The molecule has 116 valence electrons. The maximum Gasteiger partial charge on any atom is 0.228 e. The van der Waals surface area contributed by atoms with Gasteiger partial charge in [-0.15, -0.1) is 12.4 Å². The van der Waals surface area contributed by atoms with E-state index in [9.17, 15) is 4.79 Å². The molecule has 0 saturated carbocycles. The Morgan fingerprint density at radius 3 is 2.73 bits per heavy atom. The van der Waals surface area contributed by atoms with Crippen LogP contribution in [0.25, 0.3) is 10.8 Å². The second-order valence-corrected chi connectivity index (χ2v) is 6.14. The lowest BCUT2D eigenvalue weighted by Gasteiger charge is -2.22. The first kappa shape index (κ1) is 15.3. The quantitative estimate of drug-likeness (QED) is 0.892. The van der Waals surface area contributed by atoms with E-state index in [1.54, 1.807) is 0 Å². The Morgan fingerprint density at radius 1 is 1.14 bits per heavy atom. The summed E-state index contributed by atoms with van der Waals surface area (Å²) in [6, 6.07) is 10.7. The van der Waals surface area contributed by atoms with Crippen molar-refractivity contribution in [3.05, 3.63) is 41.5 Å². The van der Waals surface area contributed by atoms with Gasteiger partial charge in [-0.3, -0.25) is 4.79 Å². The highest BCUT2D eigenvalue weighted by Gasteiger charge is 2.22. The molecule has 4 rings (SSSR count). The first-order valence-corrected chi connectivity index (χ1v) is 7.88. The van der Waals surface area contributed by atoms with Gasteiger partial charge in [-0.1, -0.05) is 24.3 Å². The molecule has 22 heavy (non-hydrogen) atoms. The van der Waals surface area contributed by atoms with E-state index in [-0.39, 0.29) is 24.2 Å². The minimum absolute atomic E-state index is 0. The first-order chi connectivity index (χ1) is 10.3. The zero-order valence-corrected chi connectivity index (χ0v) is 13.3. The maximum absolute atomic E-state index is 12.4. The van der Waals surface area contributed by atoms with E-state index in [0.717, 1.165) is 44.5 Å². The van der Waals surface area contributed by atoms with Crippen molar-refractivity contribution in [1.29, 1.82) is 0 Å². The predicted molar refractivity (Wildman–Crippen MR) is 92.8 cm³/mol. The number of carbonyl (C=O) groups is 1. The number of hydrogen-bond donors (Lipinski definition) is 2. The molecule has 1 aliphatic carbocycles. The van der Waals surface area contributed by atoms with Crippen LogP contribution < -0.4 is 10.6 Å². The highest BCUT2D eigenvalue weighted by Crippen LogP contribution is 2.35. The van der Waals surface area contributed by atoms with E-state index in [2.05, 4.69) is 41.0 Å². The van der Waals surface area contributed by atoms with Crippen molar-refractivity contribution in [2.75, 3.05) is 18.4 Å². The van der Waals surface area contributed by atoms with Crippen LogP contribution >= 0.6 is 12.4 Å². The van der Waals surface area contributed by atoms with E-state index >= 15 is 0 Å². The number of carbonyl (C=O) groups excluding carboxylic acids is 1. The number of hydrogen-bond acceptors (Lipinski definition) is 2. The first-order valence-electron chi connectivity index (χ1n) is 7.88. The van der Waals surface area contributed by atoms with E-state index in [1.807, 2.05) is 0 Å². The molecule has 2 aromatic rings. The van der Waals surface area contributed by atoms with E-state index in [0.29, 0.717) is 0 Å². The molecule has 2 aliphatic rings. The molecule has 0 bridgehead atoms. The Morgan fingerprint density at radius 2 is 1.95 bits per heavy atom. The molecule has 2 N–H and O–H groups in total. The van der Waals surface area contributed by atoms with Crippen molar-refractivity contribution in [2.45, 2.75) is 25.7 Å². The molecule has 2 aromatic carbocycles. The van der Waals surface area contributed by atoms with Gasteiger partial charge < -0.3 is 10.6 Å². The van der Waals surface area contributed by atoms with Gasteiger partial charge in [0.1, 0.15) is 0 Å². The molecule has 3 nitrogen and oxygen atoms in total. The molecule has 0 spiro atoms. The second-order valence-electron chi connectivity index (χ2n) is 6.14. The molecule has 1 amide bonds. The average Bonchev–Trinajstić information content (AvgIpc) is 2.96. The average molecular weight is 317 g/mol. The zero-order valence-electron chi connectivity index (χ0n) is 12.5. The predicted octanol–water partition coefficient (Wildman–Crippen LogP) is 3.30. The van der Waals surface area contributed by atoms with Gasteiger partial charge in [-0.2, -0.15) is 0 Å². The fraction of sp³-hybridized carbons (Fsp3) is 0.389. The maximum atomic E-state index is 12.4. The summed E-state index contributed by atoms with van der Waals surface area (Å²) in [4.78, 5) is 12.4. The Bertz CT molecular complexity index is 697. The monoisotopic (exact) mass is 316 g/mol. The minimum Gasteiger partial charge on any atom is -0.325 e. The molecular formula is C18H21ClN2O. The van der Waals surface area contributed by atoms with Gasteiger partial charge in [-0.05, 0) is 54.8 Å². The summed E-state index contributed by atoms with van der Waals surface area (Å²) >= 11 is 0. The summed E-state index contributed by atoms with van der Waals surface area (Å²) in [6.45, 7) is 1.83. The highest BCUT2D eigenvalue weighted by atomic mass is 35.5. The Balaban J connectivity index is 0.00000144. The summed E-state index contributed by atoms with van der Waals surface area (Å²) in [7, 11) is 0. The van der Waals surface area contributed by atoms with Crippen LogP contribution in [0.15, 0.2) is 30.3 Å². The van der Waals surface area contributed by atoms with E-state index in [1.165, 1.54) is 21.9 Å². The topological polar surface area (TPSA) is 41.1 Å². The molecular weight excluding hydrogens is 296 g/mol. The second kappa shape index (κ2) is 6.27. The van der Waals surface area contributed by atoms with E-state index < -0.39 is 0 Å². The van der Waals surface area contributed by atoms with Gasteiger partial charge in [0.15, 0.2) is 0 Å². The standard InChI is InChI=1S/C18H20N2O.ClH/c21-18(14-4-2-10-19-11-14)20-16-9-8-13-7-6-12-3-1-5-15(16)17(12)13;/h1,3,5,8-9,14,19H,2,4,6-7,10-11H2,(H,20,21);1H. The zero-order chi connectivity index (χ0) is 14.2. The van der Waals surface area contributed by atoms with Crippen molar-refractivity contribution >= 4 is 34.8 Å². The van der Waals surface area contributed by atoms with Gasteiger partial charge in [-0.25, -0.2) is 0 Å². The lowest BCUT2D eigenvalue weighted by Crippen LogP contribution is -2.37. The van der Waals surface area contributed by atoms with Crippen molar-refractivity contribution in [3.63, 3.8) is 0 Å². The molecule has 4 heteroatoms. The van der Waals surface area contributed by atoms with Crippen LogP contribution in [0.4, 0.5) is 5.69 Å².